The van der Waals surface area contributed by atoms with Crippen LogP contribution in [-0.4, -0.2) is 61.7 Å². The average molecular weight is 411 g/mol. The van der Waals surface area contributed by atoms with E-state index in [0.29, 0.717) is 0 Å². The van der Waals surface area contributed by atoms with E-state index in [0.717, 1.165) is 74.7 Å². The molecule has 2 heterocycles. The van der Waals surface area contributed by atoms with Crippen molar-refractivity contribution in [3.63, 3.8) is 0 Å². The first-order valence-corrected chi connectivity index (χ1v) is 11.5. The van der Waals surface area contributed by atoms with E-state index in [1.165, 1.54) is 12.1 Å². The lowest BCUT2D eigenvalue weighted by Crippen LogP contribution is -2.46. The summed E-state index contributed by atoms with van der Waals surface area (Å²) in [4.78, 5) is 9.52. The van der Waals surface area contributed by atoms with Crippen molar-refractivity contribution in [2.24, 2.45) is 4.99 Å². The Morgan fingerprint density at radius 3 is 2.48 bits per heavy atom. The Kier molecular flexibility index (Phi) is 7.32. The summed E-state index contributed by atoms with van der Waals surface area (Å²) in [6, 6.07) is 18.9. The van der Waals surface area contributed by atoms with Gasteiger partial charge in [-0.3, -0.25) is 9.89 Å². The van der Waals surface area contributed by atoms with E-state index in [4.69, 9.17) is 4.74 Å². The lowest BCUT2D eigenvalue weighted by Gasteiger charge is -2.36. The lowest BCUT2D eigenvalue weighted by molar-refractivity contribution is 0.225. The van der Waals surface area contributed by atoms with Crippen LogP contribution in [0.3, 0.4) is 0 Å². The SMILES string of the molecule is c1ccc(N2CCN(CCCOc3ccc(NC4=NCCCS4)cc3)CC2)cc1. The number of aliphatic imine (C=N–C) groups is 1. The molecule has 0 aromatic heterocycles. The standard InChI is InChI=1S/C23H30N4OS/c1-2-6-21(7-3-1)27-16-14-26(15-17-27)13-5-18-28-22-10-8-20(9-11-22)25-23-24-12-4-19-29-23/h1-3,6-11H,4-5,12-19H2,(H,24,25). The molecule has 29 heavy (non-hydrogen) atoms. The van der Waals surface area contributed by atoms with Crippen LogP contribution in [0.5, 0.6) is 5.75 Å². The highest BCUT2D eigenvalue weighted by molar-refractivity contribution is 8.14. The van der Waals surface area contributed by atoms with Crippen LogP contribution in [0.2, 0.25) is 0 Å². The van der Waals surface area contributed by atoms with Crippen LogP contribution < -0.4 is 15.0 Å². The molecular formula is C23H30N4OS. The number of rotatable bonds is 7. The molecule has 0 saturated carbocycles. The van der Waals surface area contributed by atoms with Gasteiger partial charge in [0, 0.05) is 56.4 Å². The number of hydrogen-bond acceptors (Lipinski definition) is 6. The van der Waals surface area contributed by atoms with Crippen molar-refractivity contribution >= 4 is 28.3 Å². The van der Waals surface area contributed by atoms with Crippen LogP contribution in [0.15, 0.2) is 59.6 Å². The van der Waals surface area contributed by atoms with E-state index in [1.807, 2.05) is 12.1 Å². The first-order chi connectivity index (χ1) is 14.4. The van der Waals surface area contributed by atoms with Gasteiger partial charge in [-0.2, -0.15) is 0 Å². The summed E-state index contributed by atoms with van der Waals surface area (Å²) in [6.45, 7) is 7.23. The second kappa shape index (κ2) is 10.6. The normalized spacial score (nSPS) is 17.7. The van der Waals surface area contributed by atoms with Crippen molar-refractivity contribution in [2.45, 2.75) is 12.8 Å². The summed E-state index contributed by atoms with van der Waals surface area (Å²) in [5.41, 5.74) is 2.41. The summed E-state index contributed by atoms with van der Waals surface area (Å²) in [5, 5.41) is 4.41. The molecule has 0 bridgehead atoms. The molecule has 1 saturated heterocycles. The number of nitrogens with one attached hydrogen (secondary N) is 1. The maximum absolute atomic E-state index is 5.93. The highest BCUT2D eigenvalue weighted by atomic mass is 32.2. The summed E-state index contributed by atoms with van der Waals surface area (Å²) < 4.78 is 5.93. The van der Waals surface area contributed by atoms with E-state index >= 15 is 0 Å². The fourth-order valence-corrected chi connectivity index (χ4v) is 4.48. The minimum atomic E-state index is 0.758. The van der Waals surface area contributed by atoms with E-state index < -0.39 is 0 Å². The molecule has 0 unspecified atom stereocenters. The Balaban J connectivity index is 1.13. The Labute approximate surface area is 178 Å². The summed E-state index contributed by atoms with van der Waals surface area (Å²) in [5.74, 6) is 2.08. The van der Waals surface area contributed by atoms with E-state index in [-0.39, 0.29) is 0 Å². The quantitative estimate of drug-likeness (QED) is 0.694. The van der Waals surface area contributed by atoms with Gasteiger partial charge in [-0.25, -0.2) is 0 Å². The van der Waals surface area contributed by atoms with Gasteiger partial charge in [0.05, 0.1) is 6.61 Å². The molecule has 2 aromatic rings. The Bertz CT molecular complexity index is 773. The molecule has 0 atom stereocenters. The smallest absolute Gasteiger partial charge is 0.161 e. The number of nitrogens with zero attached hydrogens (tertiary/aromatic N) is 3. The van der Waals surface area contributed by atoms with Gasteiger partial charge in [0.1, 0.15) is 5.75 Å². The third-order valence-corrected chi connectivity index (χ3v) is 6.28. The zero-order chi connectivity index (χ0) is 19.7. The zero-order valence-corrected chi connectivity index (χ0v) is 17.7. The Morgan fingerprint density at radius 1 is 0.966 bits per heavy atom. The van der Waals surface area contributed by atoms with Gasteiger partial charge in [0.2, 0.25) is 0 Å². The van der Waals surface area contributed by atoms with Gasteiger partial charge >= 0.3 is 0 Å². The minimum absolute atomic E-state index is 0.758. The molecule has 4 rings (SSSR count). The number of ether oxygens (including phenoxy) is 1. The Hall–Kier alpha value is -2.18. The number of piperazine rings is 1. The summed E-state index contributed by atoms with van der Waals surface area (Å²) in [7, 11) is 0. The van der Waals surface area contributed by atoms with Crippen molar-refractivity contribution in [1.29, 1.82) is 0 Å². The molecule has 6 heteroatoms. The van der Waals surface area contributed by atoms with Gasteiger partial charge in [0.15, 0.2) is 5.17 Å². The average Bonchev–Trinajstić information content (AvgIpc) is 2.79. The third-order valence-electron chi connectivity index (χ3n) is 5.28. The minimum Gasteiger partial charge on any atom is -0.494 e. The maximum Gasteiger partial charge on any atom is 0.161 e. The molecular weight excluding hydrogens is 380 g/mol. The maximum atomic E-state index is 5.93. The van der Waals surface area contributed by atoms with Crippen LogP contribution in [0, 0.1) is 0 Å². The van der Waals surface area contributed by atoms with E-state index in [2.05, 4.69) is 62.6 Å². The molecule has 0 radical (unpaired) electrons. The molecule has 0 aliphatic carbocycles. The second-order valence-corrected chi connectivity index (χ2v) is 8.49. The van der Waals surface area contributed by atoms with Gasteiger partial charge in [0.25, 0.3) is 0 Å². The first kappa shape index (κ1) is 20.1. The van der Waals surface area contributed by atoms with Crippen LogP contribution >= 0.6 is 11.8 Å². The van der Waals surface area contributed by atoms with Crippen molar-refractivity contribution in [3.8, 4) is 5.75 Å². The number of benzene rings is 2. The predicted molar refractivity (Wildman–Crippen MR) is 125 cm³/mol. The van der Waals surface area contributed by atoms with E-state index in [9.17, 15) is 0 Å². The molecule has 154 valence electrons. The fraction of sp³-hybridized carbons (Fsp3) is 0.435. The largest absolute Gasteiger partial charge is 0.494 e. The van der Waals surface area contributed by atoms with Gasteiger partial charge in [-0.1, -0.05) is 30.0 Å². The van der Waals surface area contributed by atoms with Gasteiger partial charge < -0.3 is 15.0 Å². The van der Waals surface area contributed by atoms with Crippen molar-refractivity contribution in [3.05, 3.63) is 54.6 Å². The number of para-hydroxylation sites is 1. The van der Waals surface area contributed by atoms with Crippen LogP contribution in [0.1, 0.15) is 12.8 Å². The molecule has 0 amide bonds. The molecule has 2 aliphatic heterocycles. The van der Waals surface area contributed by atoms with Crippen LogP contribution in [-0.2, 0) is 0 Å². The fourth-order valence-electron chi connectivity index (χ4n) is 3.64. The summed E-state index contributed by atoms with van der Waals surface area (Å²) >= 11 is 1.79. The van der Waals surface area contributed by atoms with Crippen molar-refractivity contribution in [1.82, 2.24) is 4.90 Å². The Morgan fingerprint density at radius 2 is 1.76 bits per heavy atom. The molecule has 5 nitrogen and oxygen atoms in total. The molecule has 1 fully saturated rings. The van der Waals surface area contributed by atoms with Crippen molar-refractivity contribution < 1.29 is 4.74 Å². The van der Waals surface area contributed by atoms with Crippen LogP contribution in [0.4, 0.5) is 11.4 Å². The lowest BCUT2D eigenvalue weighted by atomic mass is 10.2. The topological polar surface area (TPSA) is 40.1 Å². The first-order valence-electron chi connectivity index (χ1n) is 10.6. The monoisotopic (exact) mass is 410 g/mol. The van der Waals surface area contributed by atoms with Gasteiger partial charge in [-0.05, 0) is 49.2 Å². The van der Waals surface area contributed by atoms with Crippen molar-refractivity contribution in [2.75, 3.05) is 61.8 Å². The highest BCUT2D eigenvalue weighted by Gasteiger charge is 2.16. The highest BCUT2D eigenvalue weighted by Crippen LogP contribution is 2.20. The molecule has 2 aromatic carbocycles. The predicted octanol–water partition coefficient (Wildman–Crippen LogP) is 4.18. The number of amidine groups is 1. The number of thioether (sulfide) groups is 1. The van der Waals surface area contributed by atoms with Crippen LogP contribution in [0.25, 0.3) is 0 Å². The van der Waals surface area contributed by atoms with E-state index in [1.54, 1.807) is 11.8 Å². The number of hydrogen-bond donors (Lipinski definition) is 1. The third kappa shape index (κ3) is 6.15. The molecule has 1 N–H and O–H groups in total. The zero-order valence-electron chi connectivity index (χ0n) is 16.9. The molecule has 2 aliphatic rings. The second-order valence-electron chi connectivity index (χ2n) is 7.40. The summed E-state index contributed by atoms with van der Waals surface area (Å²) in [6.07, 6.45) is 2.23. The molecule has 0 spiro atoms. The number of anilines is 2. The van der Waals surface area contributed by atoms with Gasteiger partial charge in [-0.15, -0.1) is 0 Å².